The van der Waals surface area contributed by atoms with E-state index in [1.165, 1.54) is 0 Å². The lowest BCUT2D eigenvalue weighted by Gasteiger charge is -2.16. The maximum Gasteiger partial charge on any atom is 0.342 e. The van der Waals surface area contributed by atoms with Crippen molar-refractivity contribution >= 4 is 30.0 Å². The summed E-state index contributed by atoms with van der Waals surface area (Å²) in [5.74, 6) is -1.21. The van der Waals surface area contributed by atoms with Crippen LogP contribution in [0.15, 0.2) is 30.3 Å². The first kappa shape index (κ1) is 17.7. The Hall–Kier alpha value is -2.67. The Morgan fingerprint density at radius 1 is 1.04 bits per heavy atom. The van der Waals surface area contributed by atoms with Crippen LogP contribution in [0.5, 0.6) is 0 Å². The summed E-state index contributed by atoms with van der Waals surface area (Å²) < 4.78 is 10.3. The smallest absolute Gasteiger partial charge is 0.342 e. The summed E-state index contributed by atoms with van der Waals surface area (Å²) in [7, 11) is 0. The van der Waals surface area contributed by atoms with Crippen LogP contribution >= 0.6 is 12.2 Å². The van der Waals surface area contributed by atoms with Crippen molar-refractivity contribution in [3.63, 3.8) is 0 Å². The number of hydrogen-bond acceptors (Lipinski definition) is 6. The van der Waals surface area contributed by atoms with E-state index in [1.807, 2.05) is 6.07 Å². The molecule has 0 bridgehead atoms. The molecule has 0 fully saturated rings. The van der Waals surface area contributed by atoms with Crippen LogP contribution < -0.4 is 5.73 Å². The number of H-pyrrole nitrogens is 1. The predicted molar refractivity (Wildman–Crippen MR) is 93.4 cm³/mol. The highest BCUT2D eigenvalue weighted by atomic mass is 32.1. The van der Waals surface area contributed by atoms with Gasteiger partial charge in [0.25, 0.3) is 0 Å². The minimum atomic E-state index is -0.634. The number of rotatable bonds is 5. The number of nitrogen functional groups attached to an aromatic ring is 1. The normalized spacial score (nSPS) is 10.2. The predicted octanol–water partition coefficient (Wildman–Crippen LogP) is 3.35. The van der Waals surface area contributed by atoms with E-state index < -0.39 is 11.9 Å². The summed E-state index contributed by atoms with van der Waals surface area (Å²) in [5.41, 5.74) is 7.06. The quantitative estimate of drug-likeness (QED) is 0.637. The zero-order valence-corrected chi connectivity index (χ0v) is 14.2. The van der Waals surface area contributed by atoms with Gasteiger partial charge in [-0.25, -0.2) is 9.59 Å². The van der Waals surface area contributed by atoms with Crippen molar-refractivity contribution in [3.05, 3.63) is 46.1 Å². The number of ether oxygens (including phenoxy) is 2. The third kappa shape index (κ3) is 3.46. The number of anilines is 1. The van der Waals surface area contributed by atoms with Gasteiger partial charge in [-0.15, -0.1) is 0 Å². The van der Waals surface area contributed by atoms with Gasteiger partial charge in [0.1, 0.15) is 21.6 Å². The number of pyridine rings is 1. The van der Waals surface area contributed by atoms with Crippen molar-refractivity contribution < 1.29 is 19.1 Å². The molecule has 1 heterocycles. The zero-order chi connectivity index (χ0) is 17.7. The molecule has 0 spiro atoms. The molecule has 0 aliphatic heterocycles. The molecule has 2 rings (SSSR count). The third-order valence-corrected chi connectivity index (χ3v) is 3.57. The topological polar surface area (TPSA) is 94.4 Å². The molecule has 7 heteroatoms. The van der Waals surface area contributed by atoms with Gasteiger partial charge in [-0.2, -0.15) is 0 Å². The minimum absolute atomic E-state index is 0.0466. The van der Waals surface area contributed by atoms with E-state index in [0.29, 0.717) is 11.1 Å². The fourth-order valence-corrected chi connectivity index (χ4v) is 2.62. The second kappa shape index (κ2) is 7.74. The van der Waals surface area contributed by atoms with Gasteiger partial charge in [0.05, 0.1) is 13.2 Å². The summed E-state index contributed by atoms with van der Waals surface area (Å²) in [6, 6.07) is 8.92. The molecule has 0 saturated heterocycles. The fraction of sp³-hybridized carbons (Fsp3) is 0.235. The molecule has 0 aliphatic carbocycles. The van der Waals surface area contributed by atoms with Crippen LogP contribution in [0.4, 0.5) is 5.82 Å². The van der Waals surface area contributed by atoms with Gasteiger partial charge in [0.2, 0.25) is 0 Å². The fourth-order valence-electron chi connectivity index (χ4n) is 2.33. The number of esters is 2. The molecule has 0 amide bonds. The van der Waals surface area contributed by atoms with Gasteiger partial charge in [-0.1, -0.05) is 42.5 Å². The van der Waals surface area contributed by atoms with Crippen LogP contribution in [0.25, 0.3) is 11.1 Å². The molecule has 0 atom stereocenters. The molecule has 1 aromatic heterocycles. The highest BCUT2D eigenvalue weighted by Crippen LogP contribution is 2.32. The molecule has 0 aliphatic rings. The molecule has 24 heavy (non-hydrogen) atoms. The van der Waals surface area contributed by atoms with Crippen molar-refractivity contribution in [2.24, 2.45) is 0 Å². The third-order valence-electron chi connectivity index (χ3n) is 3.27. The van der Waals surface area contributed by atoms with Gasteiger partial charge < -0.3 is 20.2 Å². The van der Waals surface area contributed by atoms with Gasteiger partial charge in [0.15, 0.2) is 0 Å². The van der Waals surface area contributed by atoms with Crippen LogP contribution in [-0.2, 0) is 9.47 Å². The zero-order valence-electron chi connectivity index (χ0n) is 13.4. The van der Waals surface area contributed by atoms with Gasteiger partial charge in [-0.05, 0) is 19.4 Å². The Balaban J connectivity index is 2.84. The number of hydrogen-bond donors (Lipinski definition) is 2. The van der Waals surface area contributed by atoms with E-state index in [0.717, 1.165) is 0 Å². The van der Waals surface area contributed by atoms with Gasteiger partial charge in [0, 0.05) is 5.56 Å². The van der Waals surface area contributed by atoms with Crippen molar-refractivity contribution in [1.82, 2.24) is 4.98 Å². The average Bonchev–Trinajstić information content (AvgIpc) is 2.55. The van der Waals surface area contributed by atoms with Gasteiger partial charge >= 0.3 is 11.9 Å². The molecule has 126 valence electrons. The minimum Gasteiger partial charge on any atom is -0.462 e. The van der Waals surface area contributed by atoms with Crippen LogP contribution in [0.1, 0.15) is 34.6 Å². The van der Waals surface area contributed by atoms with Crippen LogP contribution in [0.2, 0.25) is 0 Å². The van der Waals surface area contributed by atoms with Crippen molar-refractivity contribution in [1.29, 1.82) is 0 Å². The molecule has 0 saturated carbocycles. The van der Waals surface area contributed by atoms with Gasteiger partial charge in [-0.3, -0.25) is 0 Å². The van der Waals surface area contributed by atoms with E-state index in [-0.39, 0.29) is 34.8 Å². The number of carbonyl (C=O) groups excluding carboxylic acids is 2. The number of aromatic nitrogens is 1. The number of aromatic amines is 1. The van der Waals surface area contributed by atoms with Crippen molar-refractivity contribution in [3.8, 4) is 11.1 Å². The molecule has 6 nitrogen and oxygen atoms in total. The lowest BCUT2D eigenvalue weighted by Crippen LogP contribution is -2.17. The number of nitrogens with two attached hydrogens (primary N) is 1. The number of benzene rings is 1. The lowest BCUT2D eigenvalue weighted by molar-refractivity contribution is 0.0526. The standard InChI is InChI=1S/C17H18N2O4S/c1-3-22-16(20)12-11(10-8-6-5-7-9-10)13(17(21)23-4-2)15(24)19-14(12)18/h5-9H,3-4H2,1-2H3,(H3,18,19,24). The highest BCUT2D eigenvalue weighted by Gasteiger charge is 2.26. The first-order chi connectivity index (χ1) is 11.5. The summed E-state index contributed by atoms with van der Waals surface area (Å²) >= 11 is 5.24. The van der Waals surface area contributed by atoms with Crippen LogP contribution in [0, 0.1) is 4.64 Å². The molecular weight excluding hydrogens is 328 g/mol. The van der Waals surface area contributed by atoms with E-state index in [4.69, 9.17) is 27.4 Å². The molecule has 3 N–H and O–H groups in total. The summed E-state index contributed by atoms with van der Waals surface area (Å²) in [6.07, 6.45) is 0. The Morgan fingerprint density at radius 3 is 2.12 bits per heavy atom. The SMILES string of the molecule is CCOC(=O)c1c(N)[nH]c(=S)c(C(=O)OCC)c1-c1ccccc1. The molecule has 2 aromatic rings. The molecule has 1 aromatic carbocycles. The molecular formula is C17H18N2O4S. The monoisotopic (exact) mass is 346 g/mol. The highest BCUT2D eigenvalue weighted by molar-refractivity contribution is 7.71. The molecule has 0 radical (unpaired) electrons. The first-order valence-electron chi connectivity index (χ1n) is 7.46. The van der Waals surface area contributed by atoms with Crippen LogP contribution in [-0.4, -0.2) is 30.1 Å². The Kier molecular flexibility index (Phi) is 5.70. The van der Waals surface area contributed by atoms with Crippen LogP contribution in [0.3, 0.4) is 0 Å². The maximum atomic E-state index is 12.4. The Labute approximate surface area is 144 Å². The summed E-state index contributed by atoms with van der Waals surface area (Å²) in [4.78, 5) is 27.5. The Morgan fingerprint density at radius 2 is 1.58 bits per heavy atom. The van der Waals surface area contributed by atoms with Crippen molar-refractivity contribution in [2.75, 3.05) is 18.9 Å². The second-order valence-electron chi connectivity index (χ2n) is 4.80. The first-order valence-corrected chi connectivity index (χ1v) is 7.87. The Bertz CT molecular complexity index is 815. The van der Waals surface area contributed by atoms with E-state index >= 15 is 0 Å². The number of carbonyl (C=O) groups is 2. The van der Waals surface area contributed by atoms with E-state index in [9.17, 15) is 9.59 Å². The maximum absolute atomic E-state index is 12.4. The largest absolute Gasteiger partial charge is 0.462 e. The number of nitrogens with one attached hydrogen (secondary N) is 1. The van der Waals surface area contributed by atoms with E-state index in [2.05, 4.69) is 4.98 Å². The second-order valence-corrected chi connectivity index (χ2v) is 5.21. The lowest BCUT2D eigenvalue weighted by atomic mass is 9.95. The average molecular weight is 346 g/mol. The summed E-state index contributed by atoms with van der Waals surface area (Å²) in [5, 5.41) is 0. The van der Waals surface area contributed by atoms with Crippen molar-refractivity contribution in [2.45, 2.75) is 13.8 Å². The van der Waals surface area contributed by atoms with E-state index in [1.54, 1.807) is 38.1 Å². The summed E-state index contributed by atoms with van der Waals surface area (Å²) in [6.45, 7) is 3.74. The molecule has 0 unspecified atom stereocenters.